The Morgan fingerprint density at radius 1 is 1.27 bits per heavy atom. The highest BCUT2D eigenvalue weighted by molar-refractivity contribution is 7.91. The van der Waals surface area contributed by atoms with E-state index in [-0.39, 0.29) is 6.54 Å². The van der Waals surface area contributed by atoms with Gasteiger partial charge in [-0.05, 0) is 48.9 Å². The SMILES string of the molecule is Cc1ccc(S(=O)(=O)NCc2ccnc(-c3ccco3)c2)s1. The first-order chi connectivity index (χ1) is 10.5. The second-order valence-electron chi connectivity index (χ2n) is 4.72. The summed E-state index contributed by atoms with van der Waals surface area (Å²) < 4.78 is 32.6. The Labute approximate surface area is 132 Å². The van der Waals surface area contributed by atoms with Crippen LogP contribution >= 0.6 is 11.3 Å². The van der Waals surface area contributed by atoms with Crippen molar-refractivity contribution in [2.24, 2.45) is 0 Å². The van der Waals surface area contributed by atoms with Crippen molar-refractivity contribution >= 4 is 21.4 Å². The molecule has 5 nitrogen and oxygen atoms in total. The van der Waals surface area contributed by atoms with Gasteiger partial charge in [0, 0.05) is 17.6 Å². The summed E-state index contributed by atoms with van der Waals surface area (Å²) in [5, 5.41) is 0. The summed E-state index contributed by atoms with van der Waals surface area (Å²) in [6, 6.07) is 10.6. The van der Waals surface area contributed by atoms with Crippen molar-refractivity contribution in [1.82, 2.24) is 9.71 Å². The van der Waals surface area contributed by atoms with Gasteiger partial charge in [-0.3, -0.25) is 4.98 Å². The lowest BCUT2D eigenvalue weighted by atomic mass is 10.2. The summed E-state index contributed by atoms with van der Waals surface area (Å²) in [7, 11) is -3.48. The number of hydrogen-bond donors (Lipinski definition) is 1. The van der Waals surface area contributed by atoms with Crippen LogP contribution in [0.4, 0.5) is 0 Å². The van der Waals surface area contributed by atoms with Gasteiger partial charge in [-0.2, -0.15) is 0 Å². The van der Waals surface area contributed by atoms with E-state index in [1.165, 1.54) is 11.3 Å². The molecule has 0 amide bonds. The van der Waals surface area contributed by atoms with E-state index in [4.69, 9.17) is 4.42 Å². The number of thiophene rings is 1. The minimum atomic E-state index is -3.48. The molecule has 3 aromatic rings. The van der Waals surface area contributed by atoms with Crippen molar-refractivity contribution < 1.29 is 12.8 Å². The zero-order valence-electron chi connectivity index (χ0n) is 11.8. The maximum absolute atomic E-state index is 12.2. The second-order valence-corrected chi connectivity index (χ2v) is 8.00. The van der Waals surface area contributed by atoms with E-state index in [1.54, 1.807) is 42.8 Å². The number of rotatable bonds is 5. The molecule has 3 aromatic heterocycles. The van der Waals surface area contributed by atoms with Crippen molar-refractivity contribution in [2.45, 2.75) is 17.7 Å². The number of aromatic nitrogens is 1. The topological polar surface area (TPSA) is 72.2 Å². The van der Waals surface area contributed by atoms with Crippen LogP contribution in [0, 0.1) is 6.92 Å². The molecule has 1 N–H and O–H groups in total. The summed E-state index contributed by atoms with van der Waals surface area (Å²) in [5.41, 5.74) is 1.49. The van der Waals surface area contributed by atoms with E-state index in [1.807, 2.05) is 13.0 Å². The number of pyridine rings is 1. The number of nitrogens with one attached hydrogen (secondary N) is 1. The molecule has 3 heterocycles. The Hall–Kier alpha value is -1.96. The minimum absolute atomic E-state index is 0.204. The van der Waals surface area contributed by atoms with Gasteiger partial charge in [0.2, 0.25) is 10.0 Å². The van der Waals surface area contributed by atoms with Gasteiger partial charge in [0.05, 0.1) is 6.26 Å². The van der Waals surface area contributed by atoms with E-state index in [0.717, 1.165) is 10.4 Å². The predicted molar refractivity (Wildman–Crippen MR) is 85.0 cm³/mol. The molecule has 7 heteroatoms. The average molecular weight is 334 g/mol. The first-order valence-corrected chi connectivity index (χ1v) is 8.89. The fraction of sp³-hybridized carbons (Fsp3) is 0.133. The van der Waals surface area contributed by atoms with Crippen molar-refractivity contribution in [3.8, 4) is 11.5 Å². The van der Waals surface area contributed by atoms with Crippen LogP contribution in [0.15, 0.2) is 57.5 Å². The molecular formula is C15H14N2O3S2. The first kappa shape index (κ1) is 15.0. The lowest BCUT2D eigenvalue weighted by Gasteiger charge is -2.06. The van der Waals surface area contributed by atoms with E-state index in [0.29, 0.717) is 15.7 Å². The molecule has 3 rings (SSSR count). The first-order valence-electron chi connectivity index (χ1n) is 6.59. The third-order valence-corrected chi connectivity index (χ3v) is 5.94. The molecule has 0 unspecified atom stereocenters. The van der Waals surface area contributed by atoms with Crippen LogP contribution < -0.4 is 4.72 Å². The number of aryl methyl sites for hydroxylation is 1. The molecule has 0 aliphatic carbocycles. The molecule has 0 aliphatic rings. The summed E-state index contributed by atoms with van der Waals surface area (Å²) >= 11 is 1.25. The highest BCUT2D eigenvalue weighted by Gasteiger charge is 2.16. The molecule has 0 spiro atoms. The molecule has 0 aromatic carbocycles. The summed E-state index contributed by atoms with van der Waals surface area (Å²) in [4.78, 5) is 5.18. The molecule has 0 radical (unpaired) electrons. The third-order valence-electron chi connectivity index (χ3n) is 3.04. The van der Waals surface area contributed by atoms with Gasteiger partial charge in [0.15, 0.2) is 5.76 Å². The maximum atomic E-state index is 12.2. The van der Waals surface area contributed by atoms with E-state index in [9.17, 15) is 8.42 Å². The van der Waals surface area contributed by atoms with Gasteiger partial charge < -0.3 is 4.42 Å². The second kappa shape index (κ2) is 6.04. The Morgan fingerprint density at radius 2 is 2.14 bits per heavy atom. The number of sulfonamides is 1. The fourth-order valence-corrected chi connectivity index (χ4v) is 4.29. The molecule has 0 bridgehead atoms. The molecule has 0 saturated heterocycles. The Kier molecular flexibility index (Phi) is 4.10. The van der Waals surface area contributed by atoms with Crippen molar-refractivity contribution in [2.75, 3.05) is 0 Å². The number of furan rings is 1. The van der Waals surface area contributed by atoms with Gasteiger partial charge >= 0.3 is 0 Å². The van der Waals surface area contributed by atoms with E-state index < -0.39 is 10.0 Å². The standard InChI is InChI=1S/C15H14N2O3S2/c1-11-4-5-15(21-11)22(18,19)17-10-12-6-7-16-13(9-12)14-3-2-8-20-14/h2-9,17H,10H2,1H3. The number of nitrogens with zero attached hydrogens (tertiary/aromatic N) is 1. The van der Waals surface area contributed by atoms with Gasteiger partial charge in [-0.15, -0.1) is 11.3 Å². The van der Waals surface area contributed by atoms with Crippen LogP contribution in [-0.4, -0.2) is 13.4 Å². The van der Waals surface area contributed by atoms with Crippen LogP contribution in [0.2, 0.25) is 0 Å². The summed E-state index contributed by atoms with van der Waals surface area (Å²) in [6.07, 6.45) is 3.21. The lowest BCUT2D eigenvalue weighted by Crippen LogP contribution is -2.22. The quantitative estimate of drug-likeness (QED) is 0.778. The van der Waals surface area contributed by atoms with Crippen molar-refractivity contribution in [3.63, 3.8) is 0 Å². The zero-order chi connectivity index (χ0) is 15.6. The highest BCUT2D eigenvalue weighted by Crippen LogP contribution is 2.21. The average Bonchev–Trinajstić information content (AvgIpc) is 3.17. The third kappa shape index (κ3) is 3.27. The van der Waals surface area contributed by atoms with Gasteiger partial charge in [-0.25, -0.2) is 13.1 Å². The highest BCUT2D eigenvalue weighted by atomic mass is 32.2. The van der Waals surface area contributed by atoms with Crippen LogP contribution in [0.25, 0.3) is 11.5 Å². The summed E-state index contributed by atoms with van der Waals surface area (Å²) in [6.45, 7) is 2.08. The zero-order valence-corrected chi connectivity index (χ0v) is 13.4. The minimum Gasteiger partial charge on any atom is -0.463 e. The van der Waals surface area contributed by atoms with Crippen LogP contribution in [0.5, 0.6) is 0 Å². The normalized spacial score (nSPS) is 11.7. The van der Waals surface area contributed by atoms with E-state index in [2.05, 4.69) is 9.71 Å². The molecule has 0 atom stereocenters. The molecule has 114 valence electrons. The van der Waals surface area contributed by atoms with Gasteiger partial charge in [0.1, 0.15) is 9.90 Å². The lowest BCUT2D eigenvalue weighted by molar-refractivity contribution is 0.579. The molecular weight excluding hydrogens is 320 g/mol. The van der Waals surface area contributed by atoms with Crippen LogP contribution in [-0.2, 0) is 16.6 Å². The van der Waals surface area contributed by atoms with Crippen molar-refractivity contribution in [1.29, 1.82) is 0 Å². The number of hydrogen-bond acceptors (Lipinski definition) is 5. The Morgan fingerprint density at radius 3 is 2.82 bits per heavy atom. The van der Waals surface area contributed by atoms with Crippen LogP contribution in [0.1, 0.15) is 10.4 Å². The monoisotopic (exact) mass is 334 g/mol. The maximum Gasteiger partial charge on any atom is 0.250 e. The largest absolute Gasteiger partial charge is 0.463 e. The smallest absolute Gasteiger partial charge is 0.250 e. The van der Waals surface area contributed by atoms with Crippen molar-refractivity contribution in [3.05, 3.63) is 59.3 Å². The predicted octanol–water partition coefficient (Wildman–Crippen LogP) is 3.19. The molecule has 22 heavy (non-hydrogen) atoms. The molecule has 0 aliphatic heterocycles. The van der Waals surface area contributed by atoms with E-state index >= 15 is 0 Å². The van der Waals surface area contributed by atoms with Gasteiger partial charge in [-0.1, -0.05) is 0 Å². The van der Waals surface area contributed by atoms with Crippen LogP contribution in [0.3, 0.4) is 0 Å². The Bertz CT molecular complexity index is 868. The Balaban J connectivity index is 1.75. The van der Waals surface area contributed by atoms with Gasteiger partial charge in [0.25, 0.3) is 0 Å². The molecule has 0 saturated carbocycles. The molecule has 0 fully saturated rings. The fourth-order valence-electron chi connectivity index (χ4n) is 1.95. The summed E-state index contributed by atoms with van der Waals surface area (Å²) in [5.74, 6) is 0.651.